The zero-order valence-electron chi connectivity index (χ0n) is 11.5. The first-order chi connectivity index (χ1) is 8.17. The summed E-state index contributed by atoms with van der Waals surface area (Å²) in [6.07, 6.45) is 5.39. The van der Waals surface area contributed by atoms with Crippen molar-refractivity contribution in [2.45, 2.75) is 58.2 Å². The Balaban J connectivity index is 0.00000289. The van der Waals surface area contributed by atoms with Crippen LogP contribution < -0.4 is 11.1 Å². The Hall–Kier alpha value is -0.320. The molecule has 0 spiro atoms. The molecule has 1 fully saturated rings. The zero-order chi connectivity index (χ0) is 12.7. The SMILES string of the molecule is CCC(OC1CCCC1)C(=O)NCC(C)CN.Cl. The van der Waals surface area contributed by atoms with Crippen LogP contribution in [0.5, 0.6) is 0 Å². The second-order valence-corrected chi connectivity index (χ2v) is 5.03. The van der Waals surface area contributed by atoms with Crippen LogP contribution in [0.15, 0.2) is 0 Å². The first-order valence-electron chi connectivity index (χ1n) is 6.80. The normalized spacial score (nSPS) is 19.1. The highest BCUT2D eigenvalue weighted by atomic mass is 35.5. The third-order valence-electron chi connectivity index (χ3n) is 3.35. The quantitative estimate of drug-likeness (QED) is 0.747. The van der Waals surface area contributed by atoms with E-state index in [9.17, 15) is 4.79 Å². The van der Waals surface area contributed by atoms with Crippen LogP contribution in [0.4, 0.5) is 0 Å². The molecule has 4 nitrogen and oxygen atoms in total. The van der Waals surface area contributed by atoms with Crippen LogP contribution in [0, 0.1) is 5.92 Å². The standard InChI is InChI=1S/C13H26N2O2.ClH/c1-3-12(17-11-6-4-5-7-11)13(16)15-9-10(2)8-14;/h10-12H,3-9,14H2,1-2H3,(H,15,16);1H. The minimum absolute atomic E-state index is 0. The Morgan fingerprint density at radius 1 is 1.44 bits per heavy atom. The predicted octanol–water partition coefficient (Wildman–Crippen LogP) is 1.86. The predicted molar refractivity (Wildman–Crippen MR) is 75.9 cm³/mol. The lowest BCUT2D eigenvalue weighted by Gasteiger charge is -2.21. The van der Waals surface area contributed by atoms with Crippen molar-refractivity contribution in [2.75, 3.05) is 13.1 Å². The number of nitrogens with two attached hydrogens (primary N) is 1. The maximum absolute atomic E-state index is 11.9. The highest BCUT2D eigenvalue weighted by Gasteiger charge is 2.24. The molecule has 0 aromatic carbocycles. The van der Waals surface area contributed by atoms with Gasteiger partial charge in [0.1, 0.15) is 6.10 Å². The summed E-state index contributed by atoms with van der Waals surface area (Å²) in [4.78, 5) is 11.9. The molecule has 1 aliphatic rings. The maximum atomic E-state index is 11.9. The number of carbonyl (C=O) groups is 1. The molecule has 0 aliphatic heterocycles. The number of hydrogen-bond donors (Lipinski definition) is 2. The Bertz CT molecular complexity index is 233. The summed E-state index contributed by atoms with van der Waals surface area (Å²) in [5.74, 6) is 0.336. The number of ether oxygens (including phenoxy) is 1. The van der Waals surface area contributed by atoms with Crippen molar-refractivity contribution in [3.05, 3.63) is 0 Å². The van der Waals surface area contributed by atoms with E-state index in [-0.39, 0.29) is 30.5 Å². The molecule has 1 saturated carbocycles. The number of hydrogen-bond acceptors (Lipinski definition) is 3. The van der Waals surface area contributed by atoms with Gasteiger partial charge < -0.3 is 15.8 Å². The molecule has 0 radical (unpaired) electrons. The van der Waals surface area contributed by atoms with Crippen LogP contribution in [-0.2, 0) is 9.53 Å². The number of rotatable bonds is 7. The Morgan fingerprint density at radius 2 is 2.06 bits per heavy atom. The molecule has 0 bridgehead atoms. The molecule has 0 aromatic heterocycles. The van der Waals surface area contributed by atoms with Crippen molar-refractivity contribution in [1.29, 1.82) is 0 Å². The molecule has 2 atom stereocenters. The fraction of sp³-hybridized carbons (Fsp3) is 0.923. The average molecular weight is 279 g/mol. The zero-order valence-corrected chi connectivity index (χ0v) is 12.3. The molecule has 2 unspecified atom stereocenters. The summed E-state index contributed by atoms with van der Waals surface area (Å²) in [7, 11) is 0. The van der Waals surface area contributed by atoms with Crippen molar-refractivity contribution in [2.24, 2.45) is 11.7 Å². The summed E-state index contributed by atoms with van der Waals surface area (Å²) in [6, 6.07) is 0. The Labute approximate surface area is 116 Å². The van der Waals surface area contributed by atoms with E-state index in [1.165, 1.54) is 12.8 Å². The summed E-state index contributed by atoms with van der Waals surface area (Å²) < 4.78 is 5.85. The topological polar surface area (TPSA) is 64.3 Å². The first-order valence-corrected chi connectivity index (χ1v) is 6.80. The van der Waals surface area contributed by atoms with Crippen LogP contribution in [0.2, 0.25) is 0 Å². The molecule has 1 aliphatic carbocycles. The molecule has 18 heavy (non-hydrogen) atoms. The molecule has 3 N–H and O–H groups in total. The third kappa shape index (κ3) is 6.03. The fourth-order valence-corrected chi connectivity index (χ4v) is 2.07. The molecule has 0 heterocycles. The highest BCUT2D eigenvalue weighted by Crippen LogP contribution is 2.22. The van der Waals surface area contributed by atoms with Gasteiger partial charge in [0.05, 0.1) is 6.10 Å². The van der Waals surface area contributed by atoms with Crippen molar-refractivity contribution in [3.63, 3.8) is 0 Å². The number of halogens is 1. The van der Waals surface area contributed by atoms with Gasteiger partial charge in [-0.05, 0) is 31.7 Å². The van der Waals surface area contributed by atoms with E-state index in [1.54, 1.807) is 0 Å². The molecule has 0 aromatic rings. The number of carbonyl (C=O) groups excluding carboxylic acids is 1. The van der Waals surface area contributed by atoms with Gasteiger partial charge in [-0.15, -0.1) is 12.4 Å². The lowest BCUT2D eigenvalue weighted by atomic mass is 10.1. The van der Waals surface area contributed by atoms with Gasteiger partial charge in [0.25, 0.3) is 0 Å². The van der Waals surface area contributed by atoms with E-state index >= 15 is 0 Å². The van der Waals surface area contributed by atoms with E-state index in [0.29, 0.717) is 19.0 Å². The second-order valence-electron chi connectivity index (χ2n) is 5.03. The van der Waals surface area contributed by atoms with Crippen molar-refractivity contribution in [3.8, 4) is 0 Å². The monoisotopic (exact) mass is 278 g/mol. The van der Waals surface area contributed by atoms with Crippen LogP contribution in [0.1, 0.15) is 46.0 Å². The summed E-state index contributed by atoms with van der Waals surface area (Å²) in [6.45, 7) is 5.25. The van der Waals surface area contributed by atoms with Gasteiger partial charge in [0.15, 0.2) is 0 Å². The highest BCUT2D eigenvalue weighted by molar-refractivity contribution is 5.85. The molecule has 0 saturated heterocycles. The second kappa shape index (κ2) is 9.59. The van der Waals surface area contributed by atoms with Crippen molar-refractivity contribution < 1.29 is 9.53 Å². The minimum Gasteiger partial charge on any atom is -0.365 e. The van der Waals surface area contributed by atoms with Crippen molar-refractivity contribution >= 4 is 18.3 Å². The Morgan fingerprint density at radius 3 is 2.56 bits per heavy atom. The molecule has 1 rings (SSSR count). The van der Waals surface area contributed by atoms with Crippen LogP contribution in [0.25, 0.3) is 0 Å². The van der Waals surface area contributed by atoms with E-state index in [0.717, 1.165) is 19.3 Å². The van der Waals surface area contributed by atoms with Gasteiger partial charge in [-0.2, -0.15) is 0 Å². The number of amides is 1. The smallest absolute Gasteiger partial charge is 0.249 e. The lowest BCUT2D eigenvalue weighted by Crippen LogP contribution is -2.40. The summed E-state index contributed by atoms with van der Waals surface area (Å²) in [5.41, 5.74) is 5.52. The van der Waals surface area contributed by atoms with Crippen LogP contribution in [0.3, 0.4) is 0 Å². The van der Waals surface area contributed by atoms with Crippen LogP contribution in [-0.4, -0.2) is 31.2 Å². The fourth-order valence-electron chi connectivity index (χ4n) is 2.07. The minimum atomic E-state index is -0.289. The van der Waals surface area contributed by atoms with Gasteiger partial charge in [0.2, 0.25) is 5.91 Å². The van der Waals surface area contributed by atoms with E-state index < -0.39 is 0 Å². The van der Waals surface area contributed by atoms with Crippen molar-refractivity contribution in [1.82, 2.24) is 5.32 Å². The lowest BCUT2D eigenvalue weighted by molar-refractivity contribution is -0.136. The van der Waals surface area contributed by atoms with Gasteiger partial charge in [0, 0.05) is 6.54 Å². The summed E-state index contributed by atoms with van der Waals surface area (Å²) >= 11 is 0. The molecular weight excluding hydrogens is 252 g/mol. The van der Waals surface area contributed by atoms with Crippen LogP contribution >= 0.6 is 12.4 Å². The van der Waals surface area contributed by atoms with E-state index in [1.807, 2.05) is 13.8 Å². The largest absolute Gasteiger partial charge is 0.365 e. The first kappa shape index (κ1) is 17.7. The molecule has 108 valence electrons. The number of nitrogens with one attached hydrogen (secondary N) is 1. The van der Waals surface area contributed by atoms with Gasteiger partial charge in [-0.25, -0.2) is 0 Å². The third-order valence-corrected chi connectivity index (χ3v) is 3.35. The maximum Gasteiger partial charge on any atom is 0.249 e. The summed E-state index contributed by atoms with van der Waals surface area (Å²) in [5, 5.41) is 2.91. The average Bonchev–Trinajstić information content (AvgIpc) is 2.85. The van der Waals surface area contributed by atoms with E-state index in [4.69, 9.17) is 10.5 Å². The Kier molecular flexibility index (Phi) is 9.42. The molecule has 1 amide bonds. The van der Waals surface area contributed by atoms with Gasteiger partial charge >= 0.3 is 0 Å². The van der Waals surface area contributed by atoms with E-state index in [2.05, 4.69) is 5.32 Å². The molecule has 5 heteroatoms. The van der Waals surface area contributed by atoms with Gasteiger partial charge in [-0.1, -0.05) is 26.7 Å². The molecular formula is C13H27ClN2O2. The van der Waals surface area contributed by atoms with Gasteiger partial charge in [-0.3, -0.25) is 4.79 Å².